The highest BCUT2D eigenvalue weighted by molar-refractivity contribution is 7.10. The quantitative estimate of drug-likeness (QED) is 0.830. The summed E-state index contributed by atoms with van der Waals surface area (Å²) in [5, 5.41) is 3.11. The molecule has 0 bridgehead atoms. The molecule has 4 heteroatoms. The van der Waals surface area contributed by atoms with Crippen molar-refractivity contribution in [1.82, 2.24) is 4.90 Å². The van der Waals surface area contributed by atoms with Crippen LogP contribution in [0.25, 0.3) is 0 Å². The standard InChI is InChI=1S/C17H21ClN2S/c1-13-3-4-16(18)10-17(13)20-7-5-19(6-8-20)11-15-9-14(2)21-12-15/h3-4,9-10,12H,5-8,11H2,1-2H3. The van der Waals surface area contributed by atoms with Gasteiger partial charge in [-0.15, -0.1) is 11.3 Å². The Labute approximate surface area is 136 Å². The van der Waals surface area contributed by atoms with E-state index in [0.29, 0.717) is 0 Å². The summed E-state index contributed by atoms with van der Waals surface area (Å²) in [4.78, 5) is 6.40. The number of benzene rings is 1. The van der Waals surface area contributed by atoms with Crippen molar-refractivity contribution < 1.29 is 0 Å². The van der Waals surface area contributed by atoms with Crippen LogP contribution in [0.5, 0.6) is 0 Å². The molecule has 0 N–H and O–H groups in total. The Morgan fingerprint density at radius 2 is 1.86 bits per heavy atom. The summed E-state index contributed by atoms with van der Waals surface area (Å²) in [6.45, 7) is 9.78. The van der Waals surface area contributed by atoms with Gasteiger partial charge in [-0.25, -0.2) is 0 Å². The Bertz CT molecular complexity index is 615. The second-order valence-corrected chi connectivity index (χ2v) is 7.31. The summed E-state index contributed by atoms with van der Waals surface area (Å²) in [6.07, 6.45) is 0. The number of thiophene rings is 1. The van der Waals surface area contributed by atoms with Crippen LogP contribution in [0.1, 0.15) is 16.0 Å². The van der Waals surface area contributed by atoms with Crippen LogP contribution in [-0.4, -0.2) is 31.1 Å². The van der Waals surface area contributed by atoms with E-state index in [-0.39, 0.29) is 0 Å². The lowest BCUT2D eigenvalue weighted by Crippen LogP contribution is -2.46. The highest BCUT2D eigenvalue weighted by Gasteiger charge is 2.18. The number of nitrogens with zero attached hydrogens (tertiary/aromatic N) is 2. The van der Waals surface area contributed by atoms with Gasteiger partial charge in [-0.1, -0.05) is 17.7 Å². The van der Waals surface area contributed by atoms with Gasteiger partial charge in [0.1, 0.15) is 0 Å². The van der Waals surface area contributed by atoms with Crippen LogP contribution in [0.3, 0.4) is 0 Å². The summed E-state index contributed by atoms with van der Waals surface area (Å²) in [7, 11) is 0. The van der Waals surface area contributed by atoms with Gasteiger partial charge in [0, 0.05) is 48.3 Å². The molecular formula is C17H21ClN2S. The number of halogens is 1. The second kappa shape index (κ2) is 6.39. The first-order chi connectivity index (χ1) is 10.1. The molecule has 1 fully saturated rings. The highest BCUT2D eigenvalue weighted by atomic mass is 35.5. The monoisotopic (exact) mass is 320 g/mol. The van der Waals surface area contributed by atoms with Gasteiger partial charge in [-0.2, -0.15) is 0 Å². The van der Waals surface area contributed by atoms with Gasteiger partial charge in [0.15, 0.2) is 0 Å². The Hall–Kier alpha value is -1.03. The molecule has 0 radical (unpaired) electrons. The Morgan fingerprint density at radius 1 is 1.10 bits per heavy atom. The molecule has 2 nitrogen and oxygen atoms in total. The molecule has 1 aromatic heterocycles. The number of aryl methyl sites for hydroxylation is 2. The summed E-state index contributed by atoms with van der Waals surface area (Å²) in [5.74, 6) is 0. The van der Waals surface area contributed by atoms with E-state index in [1.54, 1.807) is 0 Å². The third-order valence-corrected chi connectivity index (χ3v) is 5.22. The van der Waals surface area contributed by atoms with Crippen molar-refractivity contribution in [2.24, 2.45) is 0 Å². The van der Waals surface area contributed by atoms with Crippen LogP contribution < -0.4 is 4.90 Å². The fourth-order valence-corrected chi connectivity index (χ4v) is 3.77. The molecule has 1 aliphatic heterocycles. The third-order valence-electron chi connectivity index (χ3n) is 4.08. The zero-order valence-electron chi connectivity index (χ0n) is 12.6. The minimum absolute atomic E-state index is 0.826. The normalized spacial score (nSPS) is 16.4. The zero-order valence-corrected chi connectivity index (χ0v) is 14.2. The van der Waals surface area contributed by atoms with Crippen molar-refractivity contribution in [1.29, 1.82) is 0 Å². The molecule has 2 heterocycles. The molecule has 0 unspecified atom stereocenters. The molecule has 1 saturated heterocycles. The molecule has 0 amide bonds. The summed E-state index contributed by atoms with van der Waals surface area (Å²) in [5.41, 5.74) is 4.04. The summed E-state index contributed by atoms with van der Waals surface area (Å²) >= 11 is 7.98. The van der Waals surface area contributed by atoms with E-state index in [1.165, 1.54) is 21.7 Å². The van der Waals surface area contributed by atoms with Gasteiger partial charge in [0.25, 0.3) is 0 Å². The predicted octanol–water partition coefficient (Wildman–Crippen LogP) is 4.34. The fourth-order valence-electron chi connectivity index (χ4n) is 2.91. The molecule has 3 rings (SSSR count). The maximum atomic E-state index is 6.14. The largest absolute Gasteiger partial charge is 0.369 e. The molecule has 0 saturated carbocycles. The van der Waals surface area contributed by atoms with Gasteiger partial charge in [0.05, 0.1) is 0 Å². The van der Waals surface area contributed by atoms with Crippen molar-refractivity contribution in [2.75, 3.05) is 31.1 Å². The summed E-state index contributed by atoms with van der Waals surface area (Å²) < 4.78 is 0. The fraction of sp³-hybridized carbons (Fsp3) is 0.412. The van der Waals surface area contributed by atoms with E-state index in [4.69, 9.17) is 11.6 Å². The molecule has 0 atom stereocenters. The molecule has 0 spiro atoms. The van der Waals surface area contributed by atoms with E-state index < -0.39 is 0 Å². The lowest BCUT2D eigenvalue weighted by atomic mass is 10.1. The molecule has 0 aliphatic carbocycles. The summed E-state index contributed by atoms with van der Waals surface area (Å²) in [6, 6.07) is 8.47. The first kappa shape index (κ1) is 14.9. The van der Waals surface area contributed by atoms with Crippen molar-refractivity contribution in [3.8, 4) is 0 Å². The lowest BCUT2D eigenvalue weighted by Gasteiger charge is -2.36. The average molecular weight is 321 g/mol. The van der Waals surface area contributed by atoms with Crippen molar-refractivity contribution in [2.45, 2.75) is 20.4 Å². The molecule has 21 heavy (non-hydrogen) atoms. The smallest absolute Gasteiger partial charge is 0.0426 e. The number of hydrogen-bond donors (Lipinski definition) is 0. The Balaban J connectivity index is 1.61. The van der Waals surface area contributed by atoms with E-state index in [2.05, 4.69) is 47.2 Å². The van der Waals surface area contributed by atoms with E-state index in [1.807, 2.05) is 17.4 Å². The number of rotatable bonds is 3. The topological polar surface area (TPSA) is 6.48 Å². The third kappa shape index (κ3) is 3.60. The Kier molecular flexibility index (Phi) is 4.53. The van der Waals surface area contributed by atoms with Crippen LogP contribution in [0.15, 0.2) is 29.6 Å². The van der Waals surface area contributed by atoms with E-state index in [9.17, 15) is 0 Å². The van der Waals surface area contributed by atoms with Crippen LogP contribution in [-0.2, 0) is 6.54 Å². The maximum absolute atomic E-state index is 6.14. The first-order valence-corrected chi connectivity index (χ1v) is 8.65. The van der Waals surface area contributed by atoms with Crippen LogP contribution >= 0.6 is 22.9 Å². The Morgan fingerprint density at radius 3 is 2.52 bits per heavy atom. The van der Waals surface area contributed by atoms with Gasteiger partial charge in [-0.05, 0) is 48.6 Å². The van der Waals surface area contributed by atoms with Crippen molar-refractivity contribution in [3.63, 3.8) is 0 Å². The van der Waals surface area contributed by atoms with Gasteiger partial charge >= 0.3 is 0 Å². The minimum Gasteiger partial charge on any atom is -0.369 e. The average Bonchev–Trinajstić information content (AvgIpc) is 2.88. The SMILES string of the molecule is Cc1cc(CN2CCN(c3cc(Cl)ccc3C)CC2)cs1. The highest BCUT2D eigenvalue weighted by Crippen LogP contribution is 2.25. The maximum Gasteiger partial charge on any atom is 0.0426 e. The molecule has 112 valence electrons. The molecular weight excluding hydrogens is 300 g/mol. The van der Waals surface area contributed by atoms with Crippen molar-refractivity contribution in [3.05, 3.63) is 50.7 Å². The first-order valence-electron chi connectivity index (χ1n) is 7.39. The molecule has 1 aliphatic rings. The van der Waals surface area contributed by atoms with E-state index in [0.717, 1.165) is 37.7 Å². The van der Waals surface area contributed by atoms with Crippen molar-refractivity contribution >= 4 is 28.6 Å². The predicted molar refractivity (Wildman–Crippen MR) is 92.7 cm³/mol. The number of hydrogen-bond acceptors (Lipinski definition) is 3. The zero-order chi connectivity index (χ0) is 14.8. The van der Waals surface area contributed by atoms with Gasteiger partial charge < -0.3 is 4.90 Å². The molecule has 2 aromatic rings. The van der Waals surface area contributed by atoms with E-state index >= 15 is 0 Å². The van der Waals surface area contributed by atoms with Crippen LogP contribution in [0.4, 0.5) is 5.69 Å². The molecule has 1 aromatic carbocycles. The minimum atomic E-state index is 0.826. The number of anilines is 1. The van der Waals surface area contributed by atoms with Crippen LogP contribution in [0.2, 0.25) is 5.02 Å². The van der Waals surface area contributed by atoms with Crippen LogP contribution in [0, 0.1) is 13.8 Å². The van der Waals surface area contributed by atoms with Gasteiger partial charge in [0.2, 0.25) is 0 Å². The lowest BCUT2D eigenvalue weighted by molar-refractivity contribution is 0.250. The van der Waals surface area contributed by atoms with Gasteiger partial charge in [-0.3, -0.25) is 4.90 Å². The number of piperazine rings is 1. The second-order valence-electron chi connectivity index (χ2n) is 5.76.